The van der Waals surface area contributed by atoms with Gasteiger partial charge in [-0.3, -0.25) is 0 Å². The second-order valence-electron chi connectivity index (χ2n) is 4.78. The minimum absolute atomic E-state index is 0.479. The number of nitrogens with one attached hydrogen (secondary N) is 2. The van der Waals surface area contributed by atoms with E-state index in [1.54, 1.807) is 11.3 Å². The van der Waals surface area contributed by atoms with E-state index in [4.69, 9.17) is 4.74 Å². The fourth-order valence-electron chi connectivity index (χ4n) is 2.23. The summed E-state index contributed by atoms with van der Waals surface area (Å²) in [7, 11) is 0. The number of rotatable bonds is 3. The average Bonchev–Trinajstić information content (AvgIpc) is 2.71. The fourth-order valence-corrected chi connectivity index (χ4v) is 3.03. The van der Waals surface area contributed by atoms with E-state index in [9.17, 15) is 0 Å². The number of aryl methyl sites for hydroxylation is 1. The molecule has 0 unspecified atom stereocenters. The molecule has 0 bridgehead atoms. The fraction of sp³-hybridized carbons (Fsp3) is 0.538. The van der Waals surface area contributed by atoms with E-state index in [0.717, 1.165) is 54.7 Å². The zero-order valence-electron chi connectivity index (χ0n) is 11.0. The Hall–Kier alpha value is -1.24. The Morgan fingerprint density at radius 2 is 2.47 bits per heavy atom. The van der Waals surface area contributed by atoms with Gasteiger partial charge in [-0.2, -0.15) is 0 Å². The molecule has 102 valence electrons. The summed E-state index contributed by atoms with van der Waals surface area (Å²) >= 11 is 1.68. The van der Waals surface area contributed by atoms with Gasteiger partial charge in [-0.05, 0) is 18.4 Å². The van der Waals surface area contributed by atoms with Gasteiger partial charge in [-0.25, -0.2) is 9.97 Å². The molecule has 0 aromatic carbocycles. The molecule has 0 spiro atoms. The smallest absolute Gasteiger partial charge is 0.147 e. The number of nitrogens with zero attached hydrogens (tertiary/aromatic N) is 2. The molecule has 6 heteroatoms. The van der Waals surface area contributed by atoms with E-state index in [0.29, 0.717) is 5.92 Å². The maximum atomic E-state index is 5.56. The Bertz CT molecular complexity index is 549. The van der Waals surface area contributed by atoms with Crippen molar-refractivity contribution in [2.75, 3.05) is 38.2 Å². The molecular weight excluding hydrogens is 260 g/mol. The number of hydrogen-bond donors (Lipinski definition) is 2. The Morgan fingerprint density at radius 1 is 1.53 bits per heavy atom. The van der Waals surface area contributed by atoms with Crippen molar-refractivity contribution in [2.45, 2.75) is 6.92 Å². The van der Waals surface area contributed by atoms with Crippen LogP contribution in [-0.4, -0.2) is 42.8 Å². The van der Waals surface area contributed by atoms with E-state index in [1.165, 1.54) is 0 Å². The van der Waals surface area contributed by atoms with Crippen LogP contribution in [0.2, 0.25) is 0 Å². The van der Waals surface area contributed by atoms with Gasteiger partial charge in [-0.15, -0.1) is 11.3 Å². The van der Waals surface area contributed by atoms with Crippen LogP contribution < -0.4 is 10.6 Å². The van der Waals surface area contributed by atoms with Crippen LogP contribution >= 0.6 is 11.3 Å². The summed E-state index contributed by atoms with van der Waals surface area (Å²) in [5, 5.41) is 8.89. The zero-order chi connectivity index (χ0) is 13.1. The molecular formula is C13H18N4OS. The average molecular weight is 278 g/mol. The minimum Gasteiger partial charge on any atom is -0.380 e. The van der Waals surface area contributed by atoms with Gasteiger partial charge >= 0.3 is 0 Å². The van der Waals surface area contributed by atoms with Crippen LogP contribution in [-0.2, 0) is 4.74 Å². The van der Waals surface area contributed by atoms with Crippen LogP contribution in [0.15, 0.2) is 11.4 Å². The maximum absolute atomic E-state index is 5.56. The summed E-state index contributed by atoms with van der Waals surface area (Å²) in [5.74, 6) is 2.23. The first kappa shape index (κ1) is 12.8. The highest BCUT2D eigenvalue weighted by Gasteiger charge is 2.13. The van der Waals surface area contributed by atoms with Crippen molar-refractivity contribution in [1.29, 1.82) is 0 Å². The topological polar surface area (TPSA) is 59.1 Å². The third-order valence-corrected chi connectivity index (χ3v) is 4.09. The summed E-state index contributed by atoms with van der Waals surface area (Å²) in [6, 6.07) is 2.04. The number of anilines is 1. The van der Waals surface area contributed by atoms with Crippen molar-refractivity contribution < 1.29 is 4.74 Å². The van der Waals surface area contributed by atoms with Crippen molar-refractivity contribution in [3.8, 4) is 0 Å². The van der Waals surface area contributed by atoms with Gasteiger partial charge in [0.1, 0.15) is 11.6 Å². The van der Waals surface area contributed by atoms with Gasteiger partial charge in [0, 0.05) is 25.6 Å². The molecule has 0 radical (unpaired) electrons. The van der Waals surface area contributed by atoms with Gasteiger partial charge in [0.05, 0.1) is 23.4 Å². The van der Waals surface area contributed by atoms with Crippen molar-refractivity contribution >= 4 is 27.4 Å². The third-order valence-electron chi connectivity index (χ3n) is 3.18. The summed E-state index contributed by atoms with van der Waals surface area (Å²) in [4.78, 5) is 8.94. The quantitative estimate of drug-likeness (QED) is 0.894. The standard InChI is InChI=1S/C13H18N4OS/c1-9-16-11-2-5-19-12(11)13(17-9)15-7-10-6-14-3-4-18-8-10/h2,5,10,14H,3-4,6-8H2,1H3,(H,15,16,17)/t10-/m1/s1. The Labute approximate surface area is 116 Å². The molecule has 1 fully saturated rings. The molecule has 19 heavy (non-hydrogen) atoms. The van der Waals surface area contributed by atoms with Gasteiger partial charge in [-0.1, -0.05) is 0 Å². The SMILES string of the molecule is Cc1nc(NC[C@H]2CNCCOC2)c2sccc2n1. The largest absolute Gasteiger partial charge is 0.380 e. The Balaban J connectivity index is 1.72. The molecule has 0 aliphatic carbocycles. The molecule has 5 nitrogen and oxygen atoms in total. The summed E-state index contributed by atoms with van der Waals surface area (Å²) in [6.45, 7) is 6.34. The summed E-state index contributed by atoms with van der Waals surface area (Å²) in [5.41, 5.74) is 1.02. The second-order valence-corrected chi connectivity index (χ2v) is 5.70. The lowest BCUT2D eigenvalue weighted by Gasteiger charge is -2.15. The van der Waals surface area contributed by atoms with Crippen LogP contribution in [0.5, 0.6) is 0 Å². The van der Waals surface area contributed by atoms with Gasteiger partial charge in [0.25, 0.3) is 0 Å². The number of thiophene rings is 1. The first-order valence-corrected chi connectivity index (χ1v) is 7.45. The van der Waals surface area contributed by atoms with Crippen molar-refractivity contribution in [3.05, 3.63) is 17.3 Å². The van der Waals surface area contributed by atoms with Crippen LogP contribution in [0, 0.1) is 12.8 Å². The molecule has 1 saturated heterocycles. The molecule has 0 amide bonds. The van der Waals surface area contributed by atoms with E-state index in [1.807, 2.05) is 13.0 Å². The van der Waals surface area contributed by atoms with E-state index >= 15 is 0 Å². The highest BCUT2D eigenvalue weighted by molar-refractivity contribution is 7.17. The molecule has 2 aromatic heterocycles. The van der Waals surface area contributed by atoms with E-state index in [2.05, 4.69) is 26.0 Å². The van der Waals surface area contributed by atoms with Crippen LogP contribution in [0.4, 0.5) is 5.82 Å². The van der Waals surface area contributed by atoms with E-state index < -0.39 is 0 Å². The maximum Gasteiger partial charge on any atom is 0.147 e. The number of ether oxygens (including phenoxy) is 1. The molecule has 1 atom stereocenters. The molecule has 3 rings (SSSR count). The predicted octanol–water partition coefficient (Wildman–Crippen LogP) is 1.65. The summed E-state index contributed by atoms with van der Waals surface area (Å²) in [6.07, 6.45) is 0. The third kappa shape index (κ3) is 3.02. The minimum atomic E-state index is 0.479. The number of fused-ring (bicyclic) bond motifs is 1. The summed E-state index contributed by atoms with van der Waals surface area (Å²) < 4.78 is 6.69. The van der Waals surface area contributed by atoms with Gasteiger partial charge in [0.15, 0.2) is 0 Å². The zero-order valence-corrected chi connectivity index (χ0v) is 11.8. The lowest BCUT2D eigenvalue weighted by molar-refractivity contribution is 0.127. The lowest BCUT2D eigenvalue weighted by Crippen LogP contribution is -2.28. The monoisotopic (exact) mass is 278 g/mol. The molecule has 2 aromatic rings. The predicted molar refractivity (Wildman–Crippen MR) is 77.8 cm³/mol. The van der Waals surface area contributed by atoms with Gasteiger partial charge in [0.2, 0.25) is 0 Å². The van der Waals surface area contributed by atoms with Crippen LogP contribution in [0.3, 0.4) is 0 Å². The molecule has 1 aliphatic heterocycles. The normalized spacial score (nSPS) is 20.4. The van der Waals surface area contributed by atoms with Crippen molar-refractivity contribution in [2.24, 2.45) is 5.92 Å². The van der Waals surface area contributed by atoms with Crippen LogP contribution in [0.25, 0.3) is 10.2 Å². The van der Waals surface area contributed by atoms with Crippen molar-refractivity contribution in [1.82, 2.24) is 15.3 Å². The Kier molecular flexibility index (Phi) is 3.91. The molecule has 3 heterocycles. The lowest BCUT2D eigenvalue weighted by atomic mass is 10.1. The van der Waals surface area contributed by atoms with Crippen molar-refractivity contribution in [3.63, 3.8) is 0 Å². The van der Waals surface area contributed by atoms with E-state index in [-0.39, 0.29) is 0 Å². The highest BCUT2D eigenvalue weighted by Crippen LogP contribution is 2.25. The molecule has 0 saturated carbocycles. The van der Waals surface area contributed by atoms with Crippen LogP contribution in [0.1, 0.15) is 5.82 Å². The first-order chi connectivity index (χ1) is 9.33. The molecule has 2 N–H and O–H groups in total. The number of hydrogen-bond acceptors (Lipinski definition) is 6. The second kappa shape index (κ2) is 5.81. The van der Waals surface area contributed by atoms with Gasteiger partial charge < -0.3 is 15.4 Å². The highest BCUT2D eigenvalue weighted by atomic mass is 32.1. The molecule has 1 aliphatic rings. The number of aromatic nitrogens is 2. The Morgan fingerprint density at radius 3 is 3.42 bits per heavy atom. The first-order valence-electron chi connectivity index (χ1n) is 6.57.